The number of fused-ring (bicyclic) bond motifs is 3. The number of hydrogen-bond acceptors (Lipinski definition) is 3. The first-order valence-electron chi connectivity index (χ1n) is 23.8. The lowest BCUT2D eigenvalue weighted by molar-refractivity contribution is 1.18. The van der Waals surface area contributed by atoms with Crippen LogP contribution in [0.2, 0.25) is 0 Å². The van der Waals surface area contributed by atoms with Crippen LogP contribution in [0.15, 0.2) is 291 Å². The van der Waals surface area contributed by atoms with Gasteiger partial charge in [0.2, 0.25) is 0 Å². The van der Waals surface area contributed by atoms with Crippen LogP contribution >= 0.6 is 0 Å². The van der Waals surface area contributed by atoms with E-state index in [1.165, 1.54) is 38.5 Å². The van der Waals surface area contributed by atoms with Crippen LogP contribution < -0.4 is 14.7 Å². The first-order valence-corrected chi connectivity index (χ1v) is 23.8. The van der Waals surface area contributed by atoms with Gasteiger partial charge >= 0.3 is 0 Å². The van der Waals surface area contributed by atoms with Gasteiger partial charge < -0.3 is 19.3 Å². The van der Waals surface area contributed by atoms with Crippen molar-refractivity contribution in [1.82, 2.24) is 4.57 Å². The highest BCUT2D eigenvalue weighted by molar-refractivity contribution is 6.11. The van der Waals surface area contributed by atoms with Crippen LogP contribution in [0.3, 0.4) is 0 Å². The monoisotopic (exact) mass is 896 g/mol. The normalized spacial score (nSPS) is 11.1. The van der Waals surface area contributed by atoms with Gasteiger partial charge in [-0.2, -0.15) is 0 Å². The van der Waals surface area contributed by atoms with Gasteiger partial charge in [0, 0.05) is 67.6 Å². The number of benzene rings is 11. The molecule has 1 aromatic heterocycles. The molecular formula is C66H48N4. The van der Waals surface area contributed by atoms with Gasteiger partial charge in [-0.3, -0.25) is 0 Å². The highest BCUT2D eigenvalue weighted by Gasteiger charge is 2.22. The lowest BCUT2D eigenvalue weighted by atomic mass is 9.93. The number of aromatic nitrogens is 1. The maximum Gasteiger partial charge on any atom is 0.0542 e. The number of anilines is 9. The summed E-state index contributed by atoms with van der Waals surface area (Å²) < 4.78 is 2.38. The lowest BCUT2D eigenvalue weighted by Crippen LogP contribution is -2.14. The van der Waals surface area contributed by atoms with E-state index in [2.05, 4.69) is 310 Å². The summed E-state index contributed by atoms with van der Waals surface area (Å²) >= 11 is 0. The number of hydrogen-bond donors (Lipinski definition) is 0. The molecule has 0 spiro atoms. The third-order valence-corrected chi connectivity index (χ3v) is 13.1. The molecule has 0 saturated carbocycles. The van der Waals surface area contributed by atoms with E-state index in [4.69, 9.17) is 0 Å². The fourth-order valence-electron chi connectivity index (χ4n) is 9.97. The van der Waals surface area contributed by atoms with Crippen molar-refractivity contribution >= 4 is 73.0 Å². The van der Waals surface area contributed by atoms with E-state index in [1.807, 2.05) is 0 Å². The summed E-state index contributed by atoms with van der Waals surface area (Å²) in [4.78, 5) is 7.12. The summed E-state index contributed by atoms with van der Waals surface area (Å²) in [6, 6.07) is 104. The standard InChI is InChI=1S/C66H48N4/c1-7-23-49(24-8-1)61-43-41-59(47-63(61)50-25-9-2-10-26-50)68(53-31-15-5-16-32-53)56-36-22-38-58(46-56)69(57-37-21-35-55(45-57)67(51-27-11-3-12-28-51)52-29-13-4-14-30-52)60-42-44-66-64(48-60)62-39-19-20-40-65(62)70(66)54-33-17-6-18-34-54/h1-48H. The van der Waals surface area contributed by atoms with Gasteiger partial charge in [-0.15, -0.1) is 0 Å². The Kier molecular flexibility index (Phi) is 11.2. The Morgan fingerprint density at radius 1 is 0.214 bits per heavy atom. The van der Waals surface area contributed by atoms with Crippen molar-refractivity contribution in [3.05, 3.63) is 291 Å². The molecule has 4 nitrogen and oxygen atoms in total. The smallest absolute Gasteiger partial charge is 0.0542 e. The number of para-hydroxylation sites is 5. The number of rotatable bonds is 12. The van der Waals surface area contributed by atoms with Crippen molar-refractivity contribution in [2.75, 3.05) is 14.7 Å². The van der Waals surface area contributed by atoms with Crippen LogP contribution in [0, 0.1) is 0 Å². The minimum Gasteiger partial charge on any atom is -0.310 e. The molecule has 0 aliphatic carbocycles. The fourth-order valence-corrected chi connectivity index (χ4v) is 9.97. The van der Waals surface area contributed by atoms with Gasteiger partial charge in [-0.1, -0.05) is 170 Å². The van der Waals surface area contributed by atoms with Crippen molar-refractivity contribution in [1.29, 1.82) is 0 Å². The molecule has 11 aromatic carbocycles. The van der Waals surface area contributed by atoms with Crippen LogP contribution in [-0.4, -0.2) is 4.57 Å². The van der Waals surface area contributed by atoms with E-state index in [-0.39, 0.29) is 0 Å². The summed E-state index contributed by atoms with van der Waals surface area (Å²) in [6.07, 6.45) is 0. The molecule has 4 heteroatoms. The Morgan fingerprint density at radius 3 is 1.10 bits per heavy atom. The Hall–Kier alpha value is -9.38. The average Bonchev–Trinajstić information content (AvgIpc) is 3.77. The molecular weight excluding hydrogens is 849 g/mol. The SMILES string of the molecule is c1ccc(-c2ccc(N(c3ccccc3)c3cccc(N(c4cccc(N(c5ccccc5)c5ccccc5)c4)c4ccc5c(c4)c4ccccc4n5-c4ccccc4)c3)cc2-c2ccccc2)cc1. The van der Waals surface area contributed by atoms with Crippen molar-refractivity contribution in [3.8, 4) is 27.9 Å². The fraction of sp³-hybridized carbons (Fsp3) is 0. The van der Waals surface area contributed by atoms with E-state index < -0.39 is 0 Å². The van der Waals surface area contributed by atoms with Crippen LogP contribution in [0.4, 0.5) is 51.2 Å². The maximum absolute atomic E-state index is 2.41. The summed E-state index contributed by atoms with van der Waals surface area (Å²) in [6.45, 7) is 0. The van der Waals surface area contributed by atoms with Gasteiger partial charge in [0.15, 0.2) is 0 Å². The quantitative estimate of drug-likeness (QED) is 0.121. The van der Waals surface area contributed by atoms with Crippen LogP contribution in [-0.2, 0) is 0 Å². The zero-order valence-electron chi connectivity index (χ0n) is 38.5. The van der Waals surface area contributed by atoms with Crippen molar-refractivity contribution in [2.24, 2.45) is 0 Å². The molecule has 0 bridgehead atoms. The second kappa shape index (κ2) is 18.7. The van der Waals surface area contributed by atoms with Gasteiger partial charge in [0.1, 0.15) is 0 Å². The van der Waals surface area contributed by atoms with Crippen molar-refractivity contribution in [3.63, 3.8) is 0 Å². The topological polar surface area (TPSA) is 14.7 Å². The first-order chi connectivity index (χ1) is 34.7. The summed E-state index contributed by atoms with van der Waals surface area (Å²) in [7, 11) is 0. The molecule has 0 amide bonds. The van der Waals surface area contributed by atoms with E-state index >= 15 is 0 Å². The second-order valence-electron chi connectivity index (χ2n) is 17.4. The third kappa shape index (κ3) is 8.04. The van der Waals surface area contributed by atoms with Crippen molar-refractivity contribution < 1.29 is 0 Å². The molecule has 332 valence electrons. The van der Waals surface area contributed by atoms with Crippen molar-refractivity contribution in [2.45, 2.75) is 0 Å². The zero-order chi connectivity index (χ0) is 46.6. The third-order valence-electron chi connectivity index (χ3n) is 13.1. The highest BCUT2D eigenvalue weighted by Crippen LogP contribution is 2.46. The lowest BCUT2D eigenvalue weighted by Gasteiger charge is -2.31. The molecule has 0 radical (unpaired) electrons. The molecule has 12 rings (SSSR count). The Bertz CT molecular complexity index is 3670. The second-order valence-corrected chi connectivity index (χ2v) is 17.4. The number of nitrogens with zero attached hydrogens (tertiary/aromatic N) is 4. The van der Waals surface area contributed by atoms with Gasteiger partial charge in [0.05, 0.1) is 11.0 Å². The molecule has 0 aliphatic rings. The van der Waals surface area contributed by atoms with Crippen LogP contribution in [0.5, 0.6) is 0 Å². The molecule has 0 saturated heterocycles. The van der Waals surface area contributed by atoms with Gasteiger partial charge in [-0.05, 0) is 144 Å². The van der Waals surface area contributed by atoms with E-state index in [0.717, 1.165) is 62.4 Å². The summed E-state index contributed by atoms with van der Waals surface area (Å²) in [5.74, 6) is 0. The average molecular weight is 897 g/mol. The first kappa shape index (κ1) is 42.0. The molecule has 0 aliphatic heterocycles. The van der Waals surface area contributed by atoms with E-state index in [0.29, 0.717) is 0 Å². The highest BCUT2D eigenvalue weighted by atomic mass is 15.2. The van der Waals surface area contributed by atoms with Gasteiger partial charge in [0.25, 0.3) is 0 Å². The largest absolute Gasteiger partial charge is 0.310 e. The predicted octanol–water partition coefficient (Wildman–Crippen LogP) is 18.5. The molecule has 0 fully saturated rings. The van der Waals surface area contributed by atoms with Gasteiger partial charge in [-0.25, -0.2) is 0 Å². The molecule has 12 aromatic rings. The van der Waals surface area contributed by atoms with Crippen LogP contribution in [0.1, 0.15) is 0 Å². The zero-order valence-corrected chi connectivity index (χ0v) is 38.5. The molecule has 0 N–H and O–H groups in total. The Morgan fingerprint density at radius 2 is 0.571 bits per heavy atom. The minimum atomic E-state index is 1.02. The molecule has 0 atom stereocenters. The molecule has 0 unspecified atom stereocenters. The molecule has 1 heterocycles. The summed E-state index contributed by atoms with van der Waals surface area (Å²) in [5, 5.41) is 2.38. The molecule has 70 heavy (non-hydrogen) atoms. The van der Waals surface area contributed by atoms with E-state index in [9.17, 15) is 0 Å². The summed E-state index contributed by atoms with van der Waals surface area (Å²) in [5.41, 5.74) is 17.7. The minimum absolute atomic E-state index is 1.02. The predicted molar refractivity (Wildman–Crippen MR) is 296 cm³/mol. The Labute approximate surface area is 409 Å². The van der Waals surface area contributed by atoms with Crippen LogP contribution in [0.25, 0.3) is 49.7 Å². The van der Waals surface area contributed by atoms with E-state index in [1.54, 1.807) is 0 Å². The maximum atomic E-state index is 2.41. The Balaban J connectivity index is 1.06.